The lowest BCUT2D eigenvalue weighted by Crippen LogP contribution is -2.47. The lowest BCUT2D eigenvalue weighted by molar-refractivity contribution is -0.122. The van der Waals surface area contributed by atoms with Crippen molar-refractivity contribution in [1.29, 1.82) is 0 Å². The summed E-state index contributed by atoms with van der Waals surface area (Å²) in [5.74, 6) is 0.0331. The van der Waals surface area contributed by atoms with E-state index in [-0.39, 0.29) is 18.6 Å². The highest BCUT2D eigenvalue weighted by Crippen LogP contribution is 2.04. The Morgan fingerprint density at radius 2 is 2.17 bits per heavy atom. The summed E-state index contributed by atoms with van der Waals surface area (Å²) in [5.41, 5.74) is 0.949. The first kappa shape index (κ1) is 12.4. The van der Waals surface area contributed by atoms with Crippen LogP contribution in [0.2, 0.25) is 0 Å². The number of carbonyl (C=O) groups excluding carboxylic acids is 2. The Morgan fingerprint density at radius 3 is 2.83 bits per heavy atom. The Balaban J connectivity index is 1.71. The first-order chi connectivity index (χ1) is 8.74. The zero-order valence-corrected chi connectivity index (χ0v) is 10.0. The van der Waals surface area contributed by atoms with Crippen LogP contribution in [0.25, 0.3) is 0 Å². The van der Waals surface area contributed by atoms with Gasteiger partial charge in [0.05, 0.1) is 6.04 Å². The van der Waals surface area contributed by atoms with E-state index >= 15 is 0 Å². The van der Waals surface area contributed by atoms with Gasteiger partial charge in [0.25, 0.3) is 0 Å². The molecule has 2 N–H and O–H groups in total. The molecule has 0 saturated carbocycles. The number of nitrogens with one attached hydrogen (secondary N) is 2. The van der Waals surface area contributed by atoms with Crippen molar-refractivity contribution in [3.05, 3.63) is 35.9 Å². The number of benzene rings is 1. The molecule has 0 unspecified atom stereocenters. The van der Waals surface area contributed by atoms with Gasteiger partial charge in [0.15, 0.2) is 0 Å². The van der Waals surface area contributed by atoms with Gasteiger partial charge >= 0.3 is 6.09 Å². The molecule has 2 rings (SSSR count). The molecule has 1 fully saturated rings. The van der Waals surface area contributed by atoms with Gasteiger partial charge in [-0.05, 0) is 12.0 Å². The third kappa shape index (κ3) is 3.76. The van der Waals surface area contributed by atoms with Gasteiger partial charge in [-0.1, -0.05) is 30.3 Å². The summed E-state index contributed by atoms with van der Waals surface area (Å²) in [5, 5.41) is 5.44. The summed E-state index contributed by atoms with van der Waals surface area (Å²) in [6, 6.07) is 9.46. The molecule has 1 saturated heterocycles. The number of hydrogen-bond acceptors (Lipinski definition) is 3. The molecular formula is C13H16N2O3. The van der Waals surface area contributed by atoms with Crippen molar-refractivity contribution in [2.45, 2.75) is 25.5 Å². The Bertz CT molecular complexity index is 410. The van der Waals surface area contributed by atoms with Gasteiger partial charge in [0.2, 0.25) is 5.91 Å². The third-order valence-electron chi connectivity index (χ3n) is 2.80. The predicted molar refractivity (Wildman–Crippen MR) is 65.8 cm³/mol. The molecule has 5 heteroatoms. The summed E-state index contributed by atoms with van der Waals surface area (Å²) in [6.45, 7) is 0.727. The largest absolute Gasteiger partial charge is 0.445 e. The minimum Gasteiger partial charge on any atom is -0.445 e. The predicted octanol–water partition coefficient (Wildman–Crippen LogP) is 1.19. The summed E-state index contributed by atoms with van der Waals surface area (Å²) in [4.78, 5) is 22.5. The van der Waals surface area contributed by atoms with E-state index in [0.29, 0.717) is 19.4 Å². The summed E-state index contributed by atoms with van der Waals surface area (Å²) < 4.78 is 5.09. The maximum Gasteiger partial charge on any atom is 0.407 e. The lowest BCUT2D eigenvalue weighted by Gasteiger charge is -2.23. The van der Waals surface area contributed by atoms with Crippen LogP contribution in [0, 0.1) is 0 Å². The molecule has 0 spiro atoms. The van der Waals surface area contributed by atoms with Crippen molar-refractivity contribution >= 4 is 12.0 Å². The van der Waals surface area contributed by atoms with Crippen molar-refractivity contribution in [1.82, 2.24) is 10.6 Å². The second-order valence-electron chi connectivity index (χ2n) is 4.25. The molecular weight excluding hydrogens is 232 g/mol. The standard InChI is InChI=1S/C13H16N2O3/c16-12-7-6-11(8-14-12)15-13(17)18-9-10-4-2-1-3-5-10/h1-5,11H,6-9H2,(H,14,16)(H,15,17)/t11-/m0/s1. The van der Waals surface area contributed by atoms with Gasteiger partial charge in [0, 0.05) is 13.0 Å². The van der Waals surface area contributed by atoms with Crippen LogP contribution in [-0.2, 0) is 16.1 Å². The molecule has 1 aliphatic heterocycles. The number of rotatable bonds is 3. The first-order valence-electron chi connectivity index (χ1n) is 5.98. The van der Waals surface area contributed by atoms with E-state index < -0.39 is 6.09 Å². The SMILES string of the molecule is O=C1CC[C@H](NC(=O)OCc2ccccc2)CN1. The van der Waals surface area contributed by atoms with Gasteiger partial charge in [-0.25, -0.2) is 4.79 Å². The lowest BCUT2D eigenvalue weighted by atomic mass is 10.1. The molecule has 1 atom stereocenters. The van der Waals surface area contributed by atoms with Crippen molar-refractivity contribution in [2.75, 3.05) is 6.54 Å². The molecule has 0 aromatic heterocycles. The molecule has 1 aromatic carbocycles. The Hall–Kier alpha value is -2.04. The van der Waals surface area contributed by atoms with E-state index in [4.69, 9.17) is 4.74 Å². The summed E-state index contributed by atoms with van der Waals surface area (Å²) in [6.07, 6.45) is 0.663. The van der Waals surface area contributed by atoms with Crippen LogP contribution in [0.5, 0.6) is 0 Å². The number of ether oxygens (including phenoxy) is 1. The fraction of sp³-hybridized carbons (Fsp3) is 0.385. The van der Waals surface area contributed by atoms with E-state index in [2.05, 4.69) is 10.6 Å². The van der Waals surface area contributed by atoms with E-state index in [1.807, 2.05) is 30.3 Å². The summed E-state index contributed by atoms with van der Waals surface area (Å²) >= 11 is 0. The van der Waals surface area contributed by atoms with Gasteiger partial charge in [0.1, 0.15) is 6.61 Å². The monoisotopic (exact) mass is 248 g/mol. The molecule has 1 heterocycles. The molecule has 5 nitrogen and oxygen atoms in total. The highest BCUT2D eigenvalue weighted by molar-refractivity contribution is 5.77. The summed E-state index contributed by atoms with van der Waals surface area (Å²) in [7, 11) is 0. The topological polar surface area (TPSA) is 67.4 Å². The Labute approximate surface area is 106 Å². The van der Waals surface area contributed by atoms with Crippen LogP contribution >= 0.6 is 0 Å². The Morgan fingerprint density at radius 1 is 1.39 bits per heavy atom. The van der Waals surface area contributed by atoms with Crippen LogP contribution in [-0.4, -0.2) is 24.6 Å². The minimum atomic E-state index is -0.444. The number of hydrogen-bond donors (Lipinski definition) is 2. The van der Waals surface area contributed by atoms with Gasteiger partial charge in [-0.2, -0.15) is 0 Å². The van der Waals surface area contributed by atoms with Crippen LogP contribution in [0.3, 0.4) is 0 Å². The number of carbonyl (C=O) groups is 2. The Kier molecular flexibility index (Phi) is 4.17. The van der Waals surface area contributed by atoms with E-state index in [9.17, 15) is 9.59 Å². The molecule has 0 aliphatic carbocycles. The maximum atomic E-state index is 11.5. The van der Waals surface area contributed by atoms with E-state index in [1.165, 1.54) is 0 Å². The second-order valence-corrected chi connectivity index (χ2v) is 4.25. The smallest absolute Gasteiger partial charge is 0.407 e. The van der Waals surface area contributed by atoms with Gasteiger partial charge in [-0.3, -0.25) is 4.79 Å². The van der Waals surface area contributed by atoms with Crippen LogP contribution in [0.15, 0.2) is 30.3 Å². The zero-order valence-electron chi connectivity index (χ0n) is 10.0. The molecule has 0 radical (unpaired) electrons. The van der Waals surface area contributed by atoms with Crippen LogP contribution in [0.4, 0.5) is 4.79 Å². The highest BCUT2D eigenvalue weighted by Gasteiger charge is 2.19. The van der Waals surface area contributed by atoms with Gasteiger partial charge in [-0.15, -0.1) is 0 Å². The number of piperidine rings is 1. The molecule has 0 bridgehead atoms. The van der Waals surface area contributed by atoms with Crippen molar-refractivity contribution in [3.63, 3.8) is 0 Å². The quantitative estimate of drug-likeness (QED) is 0.844. The second kappa shape index (κ2) is 6.05. The molecule has 18 heavy (non-hydrogen) atoms. The van der Waals surface area contributed by atoms with Crippen LogP contribution in [0.1, 0.15) is 18.4 Å². The average Bonchev–Trinajstić information content (AvgIpc) is 2.40. The van der Waals surface area contributed by atoms with E-state index in [1.54, 1.807) is 0 Å². The molecule has 1 aromatic rings. The fourth-order valence-electron chi connectivity index (χ4n) is 1.79. The number of alkyl carbamates (subject to hydrolysis) is 1. The molecule has 1 aliphatic rings. The van der Waals surface area contributed by atoms with Crippen molar-refractivity contribution in [2.24, 2.45) is 0 Å². The van der Waals surface area contributed by atoms with Crippen molar-refractivity contribution in [3.8, 4) is 0 Å². The maximum absolute atomic E-state index is 11.5. The fourth-order valence-corrected chi connectivity index (χ4v) is 1.79. The molecule has 2 amide bonds. The van der Waals surface area contributed by atoms with Crippen molar-refractivity contribution < 1.29 is 14.3 Å². The van der Waals surface area contributed by atoms with E-state index in [0.717, 1.165) is 5.56 Å². The van der Waals surface area contributed by atoms with Crippen LogP contribution < -0.4 is 10.6 Å². The highest BCUT2D eigenvalue weighted by atomic mass is 16.5. The zero-order chi connectivity index (χ0) is 12.8. The third-order valence-corrected chi connectivity index (χ3v) is 2.80. The normalized spacial score (nSPS) is 18.9. The number of amides is 2. The molecule has 96 valence electrons. The average molecular weight is 248 g/mol. The minimum absolute atomic E-state index is 0.0331. The van der Waals surface area contributed by atoms with Gasteiger partial charge < -0.3 is 15.4 Å². The first-order valence-corrected chi connectivity index (χ1v) is 5.98.